The Balaban J connectivity index is 2.63. The Morgan fingerprint density at radius 2 is 1.67 bits per heavy atom. The number of rotatable bonds is 1. The van der Waals surface area contributed by atoms with Gasteiger partial charge in [0.2, 0.25) is 0 Å². The van der Waals surface area contributed by atoms with Gasteiger partial charge in [0.1, 0.15) is 18.3 Å². The fraction of sp³-hybridized carbons (Fsp3) is 1.00. The lowest BCUT2D eigenvalue weighted by Crippen LogP contribution is -2.56. The summed E-state index contributed by atoms with van der Waals surface area (Å²) in [5, 5.41) is 28.0. The molecule has 0 saturated carbocycles. The van der Waals surface area contributed by atoms with E-state index in [-0.39, 0.29) is 6.10 Å². The minimum absolute atomic E-state index is 0.363. The summed E-state index contributed by atoms with van der Waals surface area (Å²) in [6.45, 7) is 3.55. The molecule has 0 radical (unpaired) electrons. The molecule has 12 heavy (non-hydrogen) atoms. The summed E-state index contributed by atoms with van der Waals surface area (Å²) in [6.07, 6.45) is -3.18. The van der Waals surface area contributed by atoms with Crippen LogP contribution in [-0.4, -0.2) is 45.8 Å². The summed E-state index contributed by atoms with van der Waals surface area (Å²) < 4.78 is 5.27. The van der Waals surface area contributed by atoms with Crippen LogP contribution >= 0.6 is 0 Å². The van der Waals surface area contributed by atoms with Crippen molar-refractivity contribution in [2.75, 3.05) is 0 Å². The molecule has 4 nitrogen and oxygen atoms in total. The molecule has 4 heteroatoms. The zero-order chi connectivity index (χ0) is 9.30. The maximum Gasteiger partial charge on any atom is 0.111 e. The van der Waals surface area contributed by atoms with Crippen molar-refractivity contribution < 1.29 is 20.1 Å². The van der Waals surface area contributed by atoms with E-state index in [1.807, 2.05) is 6.92 Å². The van der Waals surface area contributed by atoms with E-state index >= 15 is 0 Å². The Hall–Kier alpha value is -0.160. The molecule has 0 spiro atoms. The molecule has 0 amide bonds. The predicted octanol–water partition coefficient (Wildman–Crippen LogP) is -0.734. The van der Waals surface area contributed by atoms with E-state index in [0.29, 0.717) is 6.42 Å². The van der Waals surface area contributed by atoms with E-state index in [9.17, 15) is 15.3 Å². The molecule has 0 bridgehead atoms. The number of aliphatic hydroxyl groups excluding tert-OH is 3. The van der Waals surface area contributed by atoms with Crippen molar-refractivity contribution >= 4 is 0 Å². The van der Waals surface area contributed by atoms with Crippen LogP contribution in [-0.2, 0) is 4.74 Å². The molecule has 1 aliphatic rings. The Morgan fingerprint density at radius 1 is 1.08 bits per heavy atom. The lowest BCUT2D eigenvalue weighted by molar-refractivity contribution is -0.217. The summed E-state index contributed by atoms with van der Waals surface area (Å²) in [7, 11) is 0. The van der Waals surface area contributed by atoms with Crippen LogP contribution in [0.5, 0.6) is 0 Å². The Labute approximate surface area is 71.8 Å². The number of aliphatic hydroxyl groups is 3. The molecular weight excluding hydrogens is 160 g/mol. The second kappa shape index (κ2) is 3.70. The van der Waals surface area contributed by atoms with E-state index in [4.69, 9.17) is 4.74 Å². The molecule has 1 heterocycles. The van der Waals surface area contributed by atoms with Crippen LogP contribution < -0.4 is 0 Å². The summed E-state index contributed by atoms with van der Waals surface area (Å²) >= 11 is 0. The molecule has 72 valence electrons. The number of hydrogen-bond donors (Lipinski definition) is 3. The Morgan fingerprint density at radius 3 is 2.17 bits per heavy atom. The highest BCUT2D eigenvalue weighted by atomic mass is 16.5. The average molecular weight is 176 g/mol. The standard InChI is InChI=1S/C8H16O4/c1-3-5-7(10)8(11)6(9)4(2)12-5/h4-11H,3H2,1-2H3/t4-,5-,6-,7-,8+/m0/s1. The molecule has 3 N–H and O–H groups in total. The topological polar surface area (TPSA) is 69.9 Å². The van der Waals surface area contributed by atoms with Crippen LogP contribution in [0.3, 0.4) is 0 Å². The van der Waals surface area contributed by atoms with E-state index in [0.717, 1.165) is 0 Å². The predicted molar refractivity (Wildman–Crippen MR) is 42.6 cm³/mol. The van der Waals surface area contributed by atoms with E-state index in [1.165, 1.54) is 0 Å². The van der Waals surface area contributed by atoms with Gasteiger partial charge in [0, 0.05) is 0 Å². The molecule has 0 aromatic rings. The lowest BCUT2D eigenvalue weighted by atomic mass is 9.94. The molecule has 0 aromatic carbocycles. The van der Waals surface area contributed by atoms with Gasteiger partial charge in [0.15, 0.2) is 0 Å². The molecule has 1 fully saturated rings. The van der Waals surface area contributed by atoms with Gasteiger partial charge in [-0.2, -0.15) is 0 Å². The molecule has 0 aliphatic carbocycles. The molecular formula is C8H16O4. The zero-order valence-corrected chi connectivity index (χ0v) is 7.34. The maximum absolute atomic E-state index is 9.39. The molecule has 1 rings (SSSR count). The fourth-order valence-electron chi connectivity index (χ4n) is 1.47. The zero-order valence-electron chi connectivity index (χ0n) is 7.34. The summed E-state index contributed by atoms with van der Waals surface area (Å²) in [5.74, 6) is 0. The highest BCUT2D eigenvalue weighted by Gasteiger charge is 2.40. The van der Waals surface area contributed by atoms with Gasteiger partial charge in [0.25, 0.3) is 0 Å². The first-order chi connectivity index (χ1) is 5.57. The van der Waals surface area contributed by atoms with Crippen molar-refractivity contribution in [1.29, 1.82) is 0 Å². The highest BCUT2D eigenvalue weighted by molar-refractivity contribution is 4.89. The SMILES string of the molecule is CC[C@@H]1O[C@@H](C)[C@H](O)[C@@H](O)[C@H]1O. The van der Waals surface area contributed by atoms with Crippen LogP contribution in [0.15, 0.2) is 0 Å². The van der Waals surface area contributed by atoms with Crippen molar-refractivity contribution in [2.45, 2.75) is 50.8 Å². The van der Waals surface area contributed by atoms with Crippen LogP contribution in [0, 0.1) is 0 Å². The maximum atomic E-state index is 9.39. The summed E-state index contributed by atoms with van der Waals surface area (Å²) in [5.41, 5.74) is 0. The third-order valence-electron chi connectivity index (χ3n) is 2.35. The third-order valence-corrected chi connectivity index (χ3v) is 2.35. The van der Waals surface area contributed by atoms with Gasteiger partial charge in [-0.15, -0.1) is 0 Å². The Bertz CT molecular complexity index is 145. The van der Waals surface area contributed by atoms with Crippen molar-refractivity contribution in [2.24, 2.45) is 0 Å². The minimum atomic E-state index is -1.08. The van der Waals surface area contributed by atoms with Crippen LogP contribution in [0.25, 0.3) is 0 Å². The third kappa shape index (κ3) is 1.61. The summed E-state index contributed by atoms with van der Waals surface area (Å²) in [6, 6.07) is 0. The highest BCUT2D eigenvalue weighted by Crippen LogP contribution is 2.22. The van der Waals surface area contributed by atoms with Gasteiger partial charge >= 0.3 is 0 Å². The van der Waals surface area contributed by atoms with Gasteiger partial charge in [-0.1, -0.05) is 6.92 Å². The quantitative estimate of drug-likeness (QED) is 0.492. The van der Waals surface area contributed by atoms with Gasteiger partial charge in [-0.25, -0.2) is 0 Å². The fourth-order valence-corrected chi connectivity index (χ4v) is 1.47. The number of ether oxygens (including phenoxy) is 1. The van der Waals surface area contributed by atoms with E-state index < -0.39 is 24.4 Å². The van der Waals surface area contributed by atoms with Crippen LogP contribution in [0.1, 0.15) is 20.3 Å². The largest absolute Gasteiger partial charge is 0.388 e. The molecule has 5 atom stereocenters. The van der Waals surface area contributed by atoms with Gasteiger partial charge in [-0.3, -0.25) is 0 Å². The number of hydrogen-bond acceptors (Lipinski definition) is 4. The first kappa shape index (κ1) is 9.92. The van der Waals surface area contributed by atoms with E-state index in [2.05, 4.69) is 0 Å². The van der Waals surface area contributed by atoms with Gasteiger partial charge < -0.3 is 20.1 Å². The van der Waals surface area contributed by atoms with Gasteiger partial charge in [-0.05, 0) is 13.3 Å². The monoisotopic (exact) mass is 176 g/mol. The van der Waals surface area contributed by atoms with E-state index in [1.54, 1.807) is 6.92 Å². The molecule has 0 unspecified atom stereocenters. The van der Waals surface area contributed by atoms with Gasteiger partial charge in [0.05, 0.1) is 12.2 Å². The van der Waals surface area contributed by atoms with Crippen molar-refractivity contribution in [3.05, 3.63) is 0 Å². The smallest absolute Gasteiger partial charge is 0.111 e. The normalized spacial score (nSPS) is 49.2. The lowest BCUT2D eigenvalue weighted by Gasteiger charge is -2.39. The molecule has 1 aliphatic heterocycles. The minimum Gasteiger partial charge on any atom is -0.388 e. The first-order valence-electron chi connectivity index (χ1n) is 4.27. The van der Waals surface area contributed by atoms with Crippen molar-refractivity contribution in [3.63, 3.8) is 0 Å². The average Bonchev–Trinajstić information content (AvgIpc) is 2.08. The molecule has 1 saturated heterocycles. The second-order valence-electron chi connectivity index (χ2n) is 3.26. The van der Waals surface area contributed by atoms with Crippen molar-refractivity contribution in [3.8, 4) is 0 Å². The Kier molecular flexibility index (Phi) is 3.06. The second-order valence-corrected chi connectivity index (χ2v) is 3.26. The van der Waals surface area contributed by atoms with Crippen LogP contribution in [0.4, 0.5) is 0 Å². The summed E-state index contributed by atoms with van der Waals surface area (Å²) in [4.78, 5) is 0. The van der Waals surface area contributed by atoms with Crippen molar-refractivity contribution in [1.82, 2.24) is 0 Å². The van der Waals surface area contributed by atoms with Crippen LogP contribution in [0.2, 0.25) is 0 Å². The molecule has 0 aromatic heterocycles. The first-order valence-corrected chi connectivity index (χ1v) is 4.27.